The number of amides is 2. The van der Waals surface area contributed by atoms with Gasteiger partial charge in [0.25, 0.3) is 0 Å². The summed E-state index contributed by atoms with van der Waals surface area (Å²) in [6.45, 7) is 5.29. The summed E-state index contributed by atoms with van der Waals surface area (Å²) in [5.41, 5.74) is 1.77. The first-order valence-corrected chi connectivity index (χ1v) is 7.93. The monoisotopic (exact) mass is 347 g/mol. The minimum absolute atomic E-state index is 0.213. The van der Waals surface area contributed by atoms with Crippen molar-refractivity contribution < 1.29 is 18.0 Å². The van der Waals surface area contributed by atoms with Crippen LogP contribution in [0.15, 0.2) is 6.20 Å². The SMILES string of the molecule is Cc1nn(C)cc1[C@H](C)NC(=O)N1CCN(CC(F)(F)F)[C@@H](C)C1. The number of hydrogen-bond acceptors (Lipinski definition) is 3. The van der Waals surface area contributed by atoms with Crippen LogP contribution in [0.5, 0.6) is 0 Å². The molecule has 2 amide bonds. The quantitative estimate of drug-likeness (QED) is 0.911. The van der Waals surface area contributed by atoms with Crippen LogP contribution in [-0.2, 0) is 7.05 Å². The number of rotatable bonds is 3. The Bertz CT molecular complexity index is 586. The number of nitrogens with zero attached hydrogens (tertiary/aromatic N) is 4. The van der Waals surface area contributed by atoms with Crippen LogP contribution >= 0.6 is 0 Å². The van der Waals surface area contributed by atoms with Gasteiger partial charge in [0.05, 0.1) is 18.3 Å². The third kappa shape index (κ3) is 4.62. The van der Waals surface area contributed by atoms with E-state index in [2.05, 4.69) is 10.4 Å². The first-order valence-electron chi connectivity index (χ1n) is 7.93. The van der Waals surface area contributed by atoms with Gasteiger partial charge in [0, 0.05) is 44.5 Å². The lowest BCUT2D eigenvalue weighted by Crippen LogP contribution is -2.57. The number of piperazine rings is 1. The molecule has 1 aromatic heterocycles. The van der Waals surface area contributed by atoms with Crippen molar-refractivity contribution in [2.24, 2.45) is 7.05 Å². The standard InChI is InChI=1S/C15H24F3N5O/c1-10-7-22(5-6-23(10)9-15(16,17)18)14(24)19-11(2)13-8-21(4)20-12(13)3/h8,10-11H,5-7,9H2,1-4H3,(H,19,24)/t10-,11-/m0/s1. The van der Waals surface area contributed by atoms with Crippen LogP contribution in [0.25, 0.3) is 0 Å². The minimum atomic E-state index is -4.22. The number of alkyl halides is 3. The first kappa shape index (κ1) is 18.6. The zero-order chi connectivity index (χ0) is 18.1. The molecule has 1 aliphatic heterocycles. The summed E-state index contributed by atoms with van der Waals surface area (Å²) in [4.78, 5) is 15.3. The van der Waals surface area contributed by atoms with Crippen LogP contribution in [-0.4, -0.2) is 64.0 Å². The molecule has 1 fully saturated rings. The summed E-state index contributed by atoms with van der Waals surface area (Å²) < 4.78 is 39.3. The number of aromatic nitrogens is 2. The summed E-state index contributed by atoms with van der Waals surface area (Å²) in [7, 11) is 1.81. The topological polar surface area (TPSA) is 53.4 Å². The van der Waals surface area contributed by atoms with Crippen LogP contribution in [0, 0.1) is 6.92 Å². The zero-order valence-corrected chi connectivity index (χ0v) is 14.4. The second-order valence-corrected chi connectivity index (χ2v) is 6.40. The Balaban J connectivity index is 1.91. The molecule has 1 saturated heterocycles. The molecule has 0 unspecified atom stereocenters. The highest BCUT2D eigenvalue weighted by Crippen LogP contribution is 2.21. The smallest absolute Gasteiger partial charge is 0.331 e. The number of carbonyl (C=O) groups excluding carboxylic acids is 1. The van der Waals surface area contributed by atoms with Crippen molar-refractivity contribution in [2.75, 3.05) is 26.2 Å². The first-order chi connectivity index (χ1) is 11.1. The lowest BCUT2D eigenvalue weighted by atomic mass is 10.1. The Labute approximate surface area is 139 Å². The molecule has 0 saturated carbocycles. The van der Waals surface area contributed by atoms with Crippen LogP contribution < -0.4 is 5.32 Å². The molecule has 1 aliphatic rings. The van der Waals surface area contributed by atoms with Crippen molar-refractivity contribution in [3.63, 3.8) is 0 Å². The third-order valence-electron chi connectivity index (χ3n) is 4.29. The van der Waals surface area contributed by atoms with Gasteiger partial charge in [-0.15, -0.1) is 0 Å². The molecule has 2 heterocycles. The lowest BCUT2D eigenvalue weighted by molar-refractivity contribution is -0.153. The molecular formula is C15H24F3N5O. The maximum Gasteiger partial charge on any atom is 0.401 e. The maximum absolute atomic E-state index is 12.5. The van der Waals surface area contributed by atoms with E-state index in [9.17, 15) is 18.0 Å². The van der Waals surface area contributed by atoms with Crippen molar-refractivity contribution in [2.45, 2.75) is 39.0 Å². The second-order valence-electron chi connectivity index (χ2n) is 6.40. The molecule has 24 heavy (non-hydrogen) atoms. The predicted octanol–water partition coefficient (Wildman–Crippen LogP) is 2.07. The van der Waals surface area contributed by atoms with Crippen molar-refractivity contribution in [3.05, 3.63) is 17.5 Å². The van der Waals surface area contributed by atoms with E-state index in [1.807, 2.05) is 27.1 Å². The summed E-state index contributed by atoms with van der Waals surface area (Å²) >= 11 is 0. The van der Waals surface area contributed by atoms with Crippen molar-refractivity contribution in [1.82, 2.24) is 24.9 Å². The number of aryl methyl sites for hydroxylation is 2. The summed E-state index contributed by atoms with van der Waals surface area (Å²) in [5, 5.41) is 7.14. The van der Waals surface area contributed by atoms with E-state index in [4.69, 9.17) is 0 Å². The number of hydrogen-bond donors (Lipinski definition) is 1. The zero-order valence-electron chi connectivity index (χ0n) is 14.4. The average Bonchev–Trinajstić information content (AvgIpc) is 2.78. The van der Waals surface area contributed by atoms with Gasteiger partial charge in [-0.25, -0.2) is 4.79 Å². The van der Waals surface area contributed by atoms with Gasteiger partial charge in [0.1, 0.15) is 0 Å². The average molecular weight is 347 g/mol. The number of nitrogens with one attached hydrogen (secondary N) is 1. The van der Waals surface area contributed by atoms with E-state index in [1.54, 1.807) is 16.5 Å². The minimum Gasteiger partial charge on any atom is -0.331 e. The fraction of sp³-hybridized carbons (Fsp3) is 0.733. The largest absolute Gasteiger partial charge is 0.401 e. The van der Waals surface area contributed by atoms with Gasteiger partial charge >= 0.3 is 12.2 Å². The summed E-state index contributed by atoms with van der Waals surface area (Å²) in [5.74, 6) is 0. The molecule has 136 valence electrons. The highest BCUT2D eigenvalue weighted by molar-refractivity contribution is 5.75. The number of urea groups is 1. The van der Waals surface area contributed by atoms with Crippen LogP contribution in [0.1, 0.15) is 31.1 Å². The van der Waals surface area contributed by atoms with Crippen LogP contribution in [0.4, 0.5) is 18.0 Å². The highest BCUT2D eigenvalue weighted by atomic mass is 19.4. The van der Waals surface area contributed by atoms with Crippen molar-refractivity contribution in [1.29, 1.82) is 0 Å². The molecular weight excluding hydrogens is 323 g/mol. The summed E-state index contributed by atoms with van der Waals surface area (Å²) in [6, 6.07) is -0.805. The van der Waals surface area contributed by atoms with Gasteiger partial charge in [-0.3, -0.25) is 9.58 Å². The number of carbonyl (C=O) groups is 1. The molecule has 2 atom stereocenters. The predicted molar refractivity (Wildman–Crippen MR) is 83.6 cm³/mol. The third-order valence-corrected chi connectivity index (χ3v) is 4.29. The molecule has 9 heteroatoms. The molecule has 1 aromatic rings. The fourth-order valence-corrected chi connectivity index (χ4v) is 3.04. The Morgan fingerprint density at radius 2 is 2.12 bits per heavy atom. The Morgan fingerprint density at radius 1 is 1.46 bits per heavy atom. The normalized spacial score (nSPS) is 21.0. The van der Waals surface area contributed by atoms with Crippen LogP contribution in [0.3, 0.4) is 0 Å². The Hall–Kier alpha value is -1.77. The molecule has 0 bridgehead atoms. The van der Waals surface area contributed by atoms with E-state index in [0.717, 1.165) is 11.3 Å². The fourth-order valence-electron chi connectivity index (χ4n) is 3.04. The van der Waals surface area contributed by atoms with Gasteiger partial charge < -0.3 is 10.2 Å². The molecule has 0 radical (unpaired) electrons. The molecule has 2 rings (SSSR count). The van der Waals surface area contributed by atoms with E-state index in [1.165, 1.54) is 4.90 Å². The van der Waals surface area contributed by atoms with Gasteiger partial charge in [0.2, 0.25) is 0 Å². The molecule has 0 aliphatic carbocycles. The van der Waals surface area contributed by atoms with E-state index in [0.29, 0.717) is 0 Å². The Kier molecular flexibility index (Phi) is 5.42. The molecule has 1 N–H and O–H groups in total. The van der Waals surface area contributed by atoms with E-state index < -0.39 is 12.7 Å². The van der Waals surface area contributed by atoms with Gasteiger partial charge in [-0.05, 0) is 20.8 Å². The van der Waals surface area contributed by atoms with Gasteiger partial charge in [-0.1, -0.05) is 0 Å². The van der Waals surface area contributed by atoms with E-state index >= 15 is 0 Å². The van der Waals surface area contributed by atoms with E-state index in [-0.39, 0.29) is 37.7 Å². The molecule has 0 spiro atoms. The van der Waals surface area contributed by atoms with Gasteiger partial charge in [0.15, 0.2) is 0 Å². The summed E-state index contributed by atoms with van der Waals surface area (Å²) in [6.07, 6.45) is -2.37. The highest BCUT2D eigenvalue weighted by Gasteiger charge is 2.36. The van der Waals surface area contributed by atoms with Crippen LogP contribution in [0.2, 0.25) is 0 Å². The number of halogens is 3. The lowest BCUT2D eigenvalue weighted by Gasteiger charge is -2.40. The maximum atomic E-state index is 12.5. The van der Waals surface area contributed by atoms with Crippen molar-refractivity contribution >= 4 is 6.03 Å². The molecule has 0 aromatic carbocycles. The second kappa shape index (κ2) is 7.00. The Morgan fingerprint density at radius 3 is 2.62 bits per heavy atom. The molecule has 6 nitrogen and oxygen atoms in total. The van der Waals surface area contributed by atoms with Gasteiger partial charge in [-0.2, -0.15) is 18.3 Å². The van der Waals surface area contributed by atoms with Crippen molar-refractivity contribution in [3.8, 4) is 0 Å².